The Kier molecular flexibility index (Phi) is 4.19. The van der Waals surface area contributed by atoms with Gasteiger partial charge < -0.3 is 0 Å². The van der Waals surface area contributed by atoms with Crippen molar-refractivity contribution in [2.45, 2.75) is 20.3 Å². The second-order valence-corrected chi connectivity index (χ2v) is 9.85. The van der Waals surface area contributed by atoms with Gasteiger partial charge in [-0.25, -0.2) is 0 Å². The molecule has 3 amide bonds. The largest absolute Gasteiger partial charge is 0.290 e. The fourth-order valence-electron chi connectivity index (χ4n) is 6.41. The average molecular weight is 427 g/mol. The second kappa shape index (κ2) is 6.89. The van der Waals surface area contributed by atoms with E-state index in [1.165, 1.54) is 4.90 Å². The number of amides is 3. The maximum absolute atomic E-state index is 13.5. The van der Waals surface area contributed by atoms with Crippen molar-refractivity contribution in [3.63, 3.8) is 0 Å². The molecule has 0 spiro atoms. The first-order valence-electron chi connectivity index (χ1n) is 11.4. The van der Waals surface area contributed by atoms with Crippen LogP contribution in [0.4, 0.5) is 5.69 Å². The van der Waals surface area contributed by atoms with Gasteiger partial charge in [-0.2, -0.15) is 0 Å². The minimum absolute atomic E-state index is 0.0456. The Balaban J connectivity index is 1.36. The summed E-state index contributed by atoms with van der Waals surface area (Å²) in [5, 5.41) is 0. The second-order valence-electron chi connectivity index (χ2n) is 9.85. The van der Waals surface area contributed by atoms with Crippen LogP contribution in [-0.4, -0.2) is 29.3 Å². The summed E-state index contributed by atoms with van der Waals surface area (Å²) in [6.07, 6.45) is 5.48. The lowest BCUT2D eigenvalue weighted by molar-refractivity contribution is -0.140. The van der Waals surface area contributed by atoms with Crippen LogP contribution < -0.4 is 4.90 Å². The number of likely N-dealkylation sites (tertiary alicyclic amines) is 1. The molecule has 2 aromatic carbocycles. The number of anilines is 1. The highest BCUT2D eigenvalue weighted by molar-refractivity contribution is 6.10. The van der Waals surface area contributed by atoms with Crippen molar-refractivity contribution >= 4 is 23.4 Å². The average Bonchev–Trinajstić information content (AvgIpc) is 3.57. The zero-order valence-corrected chi connectivity index (χ0v) is 18.3. The van der Waals surface area contributed by atoms with Gasteiger partial charge in [0.15, 0.2) is 0 Å². The first kappa shape index (κ1) is 19.5. The van der Waals surface area contributed by atoms with E-state index in [-0.39, 0.29) is 48.1 Å². The summed E-state index contributed by atoms with van der Waals surface area (Å²) in [4.78, 5) is 43.5. The number of hydrogen-bond acceptors (Lipinski definition) is 3. The number of carbonyl (C=O) groups is 3. The molecule has 0 N–H and O–H groups in total. The Bertz CT molecular complexity index is 1110. The first-order valence-corrected chi connectivity index (χ1v) is 11.4. The van der Waals surface area contributed by atoms with Crippen LogP contribution in [0.1, 0.15) is 27.9 Å². The lowest BCUT2D eigenvalue weighted by atomic mass is 9.63. The van der Waals surface area contributed by atoms with Crippen LogP contribution in [0.3, 0.4) is 0 Å². The van der Waals surface area contributed by atoms with E-state index >= 15 is 0 Å². The van der Waals surface area contributed by atoms with Gasteiger partial charge in [0, 0.05) is 11.3 Å². The van der Waals surface area contributed by atoms with Crippen molar-refractivity contribution in [1.29, 1.82) is 0 Å². The molecule has 162 valence electrons. The van der Waals surface area contributed by atoms with Crippen molar-refractivity contribution in [3.05, 3.63) is 77.4 Å². The molecule has 0 radical (unpaired) electrons. The van der Waals surface area contributed by atoms with E-state index in [1.807, 2.05) is 50.2 Å². The molecule has 32 heavy (non-hydrogen) atoms. The van der Waals surface area contributed by atoms with E-state index in [2.05, 4.69) is 12.2 Å². The number of nitrogens with zero attached hydrogens (tertiary/aromatic N) is 2. The fourth-order valence-corrected chi connectivity index (χ4v) is 6.41. The van der Waals surface area contributed by atoms with E-state index in [4.69, 9.17) is 0 Å². The molecule has 1 aliphatic heterocycles. The molecule has 5 aliphatic rings. The Hall–Kier alpha value is -3.21. The highest BCUT2D eigenvalue weighted by Gasteiger charge is 2.67. The van der Waals surface area contributed by atoms with E-state index in [0.717, 1.165) is 17.5 Å². The predicted molar refractivity (Wildman–Crippen MR) is 121 cm³/mol. The smallest absolute Gasteiger partial charge is 0.259 e. The Morgan fingerprint density at radius 3 is 2.03 bits per heavy atom. The van der Waals surface area contributed by atoms with Crippen molar-refractivity contribution in [2.75, 3.05) is 11.6 Å². The highest BCUT2D eigenvalue weighted by atomic mass is 16.2. The summed E-state index contributed by atoms with van der Waals surface area (Å²) in [6, 6.07) is 15.0. The summed E-state index contributed by atoms with van der Waals surface area (Å²) < 4.78 is 0. The number of carbonyl (C=O) groups excluding carboxylic acids is 3. The van der Waals surface area contributed by atoms with Crippen LogP contribution in [-0.2, 0) is 9.59 Å². The van der Waals surface area contributed by atoms with Crippen LogP contribution in [0.2, 0.25) is 0 Å². The van der Waals surface area contributed by atoms with Gasteiger partial charge >= 0.3 is 0 Å². The lowest BCUT2D eigenvalue weighted by Gasteiger charge is -2.37. The van der Waals surface area contributed by atoms with Crippen molar-refractivity contribution in [3.8, 4) is 0 Å². The molecule has 0 aromatic heterocycles. The van der Waals surface area contributed by atoms with Gasteiger partial charge in [0.05, 0.1) is 11.8 Å². The van der Waals surface area contributed by atoms with E-state index in [0.29, 0.717) is 23.1 Å². The summed E-state index contributed by atoms with van der Waals surface area (Å²) in [5.74, 6) is 0.527. The SMILES string of the molecule is Cc1cc(C)cc(N(CN2C(=O)[C@H]3[C@@H]4C=C[C@@H]([C@H]5C[C@H]45)[C@@H]3C2=O)C(=O)c2ccccc2)c1. The minimum Gasteiger partial charge on any atom is -0.290 e. The zero-order valence-electron chi connectivity index (χ0n) is 18.3. The molecule has 6 atom stereocenters. The molecule has 0 unspecified atom stereocenters. The normalized spacial score (nSPS) is 31.5. The van der Waals surface area contributed by atoms with E-state index < -0.39 is 0 Å². The van der Waals surface area contributed by atoms with Crippen molar-refractivity contribution in [2.24, 2.45) is 35.5 Å². The van der Waals surface area contributed by atoms with Gasteiger partial charge in [-0.3, -0.25) is 24.2 Å². The van der Waals surface area contributed by atoms with Crippen molar-refractivity contribution < 1.29 is 14.4 Å². The monoisotopic (exact) mass is 426 g/mol. The molecule has 1 heterocycles. The molecule has 5 heteroatoms. The minimum atomic E-state index is -0.255. The Morgan fingerprint density at radius 2 is 1.47 bits per heavy atom. The standard InChI is InChI=1S/C27H26N2O3/c1-15-10-16(2)12-18(11-15)28(25(30)17-6-4-3-5-7-17)14-29-26(31)23-19-8-9-20(22-13-21(19)22)24(23)27(29)32/h3-12,19-24H,13-14H2,1-2H3/t19-,20+,21-,22-,23+,24+/m1/s1. The predicted octanol–water partition coefficient (Wildman–Crippen LogP) is 3.96. The van der Waals surface area contributed by atoms with Crippen LogP contribution in [0.25, 0.3) is 0 Å². The van der Waals surface area contributed by atoms with E-state index in [1.54, 1.807) is 17.0 Å². The molecular weight excluding hydrogens is 400 g/mol. The van der Waals surface area contributed by atoms with Crippen molar-refractivity contribution in [1.82, 2.24) is 4.90 Å². The van der Waals surface area contributed by atoms with Gasteiger partial charge in [-0.1, -0.05) is 36.4 Å². The first-order chi connectivity index (χ1) is 15.4. The number of rotatable bonds is 4. The van der Waals surface area contributed by atoms with Gasteiger partial charge in [-0.15, -0.1) is 0 Å². The third kappa shape index (κ3) is 2.80. The highest BCUT2D eigenvalue weighted by Crippen LogP contribution is 2.65. The zero-order chi connectivity index (χ0) is 22.1. The summed E-state index contributed by atoms with van der Waals surface area (Å²) in [5.41, 5.74) is 3.30. The van der Waals surface area contributed by atoms with Crippen LogP contribution in [0, 0.1) is 49.4 Å². The van der Waals surface area contributed by atoms with E-state index in [9.17, 15) is 14.4 Å². The number of hydrogen-bond donors (Lipinski definition) is 0. The number of imide groups is 1. The summed E-state index contributed by atoms with van der Waals surface area (Å²) in [7, 11) is 0. The van der Waals surface area contributed by atoms with Gasteiger partial charge in [0.1, 0.15) is 6.67 Å². The molecule has 7 rings (SSSR count). The maximum atomic E-state index is 13.5. The maximum Gasteiger partial charge on any atom is 0.259 e. The fraction of sp³-hybridized carbons (Fsp3) is 0.370. The molecule has 2 bridgehead atoms. The number of aryl methyl sites for hydroxylation is 2. The molecule has 3 fully saturated rings. The Labute approximate surface area is 187 Å². The molecule has 1 saturated heterocycles. The number of allylic oxidation sites excluding steroid dienone is 2. The molecule has 5 nitrogen and oxygen atoms in total. The summed E-state index contributed by atoms with van der Waals surface area (Å²) in [6.45, 7) is 3.92. The quantitative estimate of drug-likeness (QED) is 0.549. The van der Waals surface area contributed by atoms with Crippen LogP contribution in [0.15, 0.2) is 60.7 Å². The Morgan fingerprint density at radius 1 is 0.906 bits per heavy atom. The molecule has 4 aliphatic carbocycles. The van der Waals surface area contributed by atoms with Crippen LogP contribution in [0.5, 0.6) is 0 Å². The third-order valence-corrected chi connectivity index (χ3v) is 7.82. The molecular formula is C27H26N2O3. The molecule has 2 saturated carbocycles. The number of benzene rings is 2. The molecule has 2 aromatic rings. The summed E-state index contributed by atoms with van der Waals surface area (Å²) >= 11 is 0. The van der Waals surface area contributed by atoms with Crippen LogP contribution >= 0.6 is 0 Å². The van der Waals surface area contributed by atoms with Gasteiger partial charge in [0.25, 0.3) is 5.91 Å². The topological polar surface area (TPSA) is 57.7 Å². The third-order valence-electron chi connectivity index (χ3n) is 7.82. The van der Waals surface area contributed by atoms with Gasteiger partial charge in [0.2, 0.25) is 11.8 Å². The lowest BCUT2D eigenvalue weighted by Crippen LogP contribution is -2.45. The van der Waals surface area contributed by atoms with Gasteiger partial charge in [-0.05, 0) is 79.3 Å².